The van der Waals surface area contributed by atoms with Crippen molar-refractivity contribution in [1.29, 1.82) is 0 Å². The Kier molecular flexibility index (Phi) is 4.90. The van der Waals surface area contributed by atoms with Crippen LogP contribution in [0.1, 0.15) is 23.7 Å². The first-order chi connectivity index (χ1) is 9.95. The van der Waals surface area contributed by atoms with Crippen molar-refractivity contribution in [3.05, 3.63) is 40.4 Å². The zero-order valence-corrected chi connectivity index (χ0v) is 13.6. The van der Waals surface area contributed by atoms with Gasteiger partial charge < -0.3 is 10.2 Å². The Morgan fingerprint density at radius 1 is 1.24 bits per heavy atom. The van der Waals surface area contributed by atoms with Crippen molar-refractivity contribution in [1.82, 2.24) is 0 Å². The minimum absolute atomic E-state index is 0.177. The number of carboxylic acids is 2. The van der Waals surface area contributed by atoms with E-state index in [0.717, 1.165) is 9.86 Å². The van der Waals surface area contributed by atoms with Crippen LogP contribution >= 0.6 is 27.7 Å². The SMILES string of the molecule is CCC(Sc1ccc(Br)c2cccc(C(=O)O)c12)C(=O)O. The Morgan fingerprint density at radius 3 is 2.52 bits per heavy atom. The second kappa shape index (κ2) is 6.49. The van der Waals surface area contributed by atoms with E-state index in [1.54, 1.807) is 19.1 Å². The number of benzene rings is 2. The number of halogens is 1. The van der Waals surface area contributed by atoms with Crippen LogP contribution in [0.25, 0.3) is 10.8 Å². The third-order valence-corrected chi connectivity index (χ3v) is 5.20. The average Bonchev–Trinajstić information content (AvgIpc) is 2.45. The van der Waals surface area contributed by atoms with E-state index in [4.69, 9.17) is 0 Å². The van der Waals surface area contributed by atoms with E-state index in [2.05, 4.69) is 15.9 Å². The van der Waals surface area contributed by atoms with E-state index in [1.807, 2.05) is 12.1 Å². The number of aromatic carboxylic acids is 1. The van der Waals surface area contributed by atoms with Gasteiger partial charge in [-0.2, -0.15) is 0 Å². The Morgan fingerprint density at radius 2 is 1.95 bits per heavy atom. The first-order valence-corrected chi connectivity index (χ1v) is 7.97. The van der Waals surface area contributed by atoms with Crippen molar-refractivity contribution in [2.75, 3.05) is 0 Å². The predicted molar refractivity (Wildman–Crippen MR) is 86.2 cm³/mol. The van der Waals surface area contributed by atoms with E-state index in [9.17, 15) is 19.8 Å². The molecule has 0 aliphatic carbocycles. The second-order valence-electron chi connectivity index (χ2n) is 4.43. The highest BCUT2D eigenvalue weighted by Gasteiger charge is 2.20. The van der Waals surface area contributed by atoms with E-state index < -0.39 is 17.2 Å². The number of fused-ring (bicyclic) bond motifs is 1. The van der Waals surface area contributed by atoms with E-state index in [-0.39, 0.29) is 5.56 Å². The fourth-order valence-corrected chi connectivity index (χ4v) is 3.60. The highest BCUT2D eigenvalue weighted by atomic mass is 79.9. The molecule has 0 aliphatic heterocycles. The third kappa shape index (κ3) is 3.22. The molecule has 0 fully saturated rings. The summed E-state index contributed by atoms with van der Waals surface area (Å²) in [6.45, 7) is 1.80. The maximum absolute atomic E-state index is 11.4. The topological polar surface area (TPSA) is 74.6 Å². The van der Waals surface area contributed by atoms with Gasteiger partial charge >= 0.3 is 11.9 Å². The lowest BCUT2D eigenvalue weighted by Gasteiger charge is -2.14. The van der Waals surface area contributed by atoms with Crippen molar-refractivity contribution < 1.29 is 19.8 Å². The minimum Gasteiger partial charge on any atom is -0.480 e. The van der Waals surface area contributed by atoms with Crippen LogP contribution in [0.5, 0.6) is 0 Å². The molecule has 0 heterocycles. The van der Waals surface area contributed by atoms with Crippen LogP contribution in [-0.2, 0) is 4.79 Å². The van der Waals surface area contributed by atoms with Crippen LogP contribution in [0.2, 0.25) is 0 Å². The standard InChI is InChI=1S/C15H13BrO4S/c1-2-11(15(19)20)21-12-7-6-10(16)8-4-3-5-9(13(8)12)14(17)18/h3-7,11H,2H2,1H3,(H,17,18)(H,19,20). The zero-order valence-electron chi connectivity index (χ0n) is 11.2. The molecule has 21 heavy (non-hydrogen) atoms. The molecular weight excluding hydrogens is 356 g/mol. The van der Waals surface area contributed by atoms with Crippen LogP contribution < -0.4 is 0 Å². The van der Waals surface area contributed by atoms with Gasteiger partial charge in [0.25, 0.3) is 0 Å². The van der Waals surface area contributed by atoms with Gasteiger partial charge in [0.1, 0.15) is 5.25 Å². The summed E-state index contributed by atoms with van der Waals surface area (Å²) in [4.78, 5) is 23.3. The maximum atomic E-state index is 11.4. The largest absolute Gasteiger partial charge is 0.480 e. The molecule has 2 rings (SSSR count). The lowest BCUT2D eigenvalue weighted by Crippen LogP contribution is -2.14. The molecule has 1 atom stereocenters. The van der Waals surface area contributed by atoms with Crippen LogP contribution in [0.4, 0.5) is 0 Å². The molecular formula is C15H13BrO4S. The summed E-state index contributed by atoms with van der Waals surface area (Å²) in [5, 5.41) is 19.3. The second-order valence-corrected chi connectivity index (χ2v) is 6.53. The van der Waals surface area contributed by atoms with Gasteiger partial charge in [0.05, 0.1) is 5.56 Å². The van der Waals surface area contributed by atoms with Gasteiger partial charge in [0.2, 0.25) is 0 Å². The van der Waals surface area contributed by atoms with Crippen molar-refractivity contribution in [2.24, 2.45) is 0 Å². The Hall–Kier alpha value is -1.53. The molecule has 2 N–H and O–H groups in total. The molecule has 4 nitrogen and oxygen atoms in total. The zero-order chi connectivity index (χ0) is 15.6. The molecule has 0 aliphatic rings. The highest BCUT2D eigenvalue weighted by molar-refractivity contribution is 9.10. The van der Waals surface area contributed by atoms with E-state index in [0.29, 0.717) is 16.7 Å². The molecule has 0 bridgehead atoms. The molecule has 2 aromatic carbocycles. The molecule has 2 aromatic rings. The summed E-state index contributed by atoms with van der Waals surface area (Å²) in [5.41, 5.74) is 0.177. The van der Waals surface area contributed by atoms with Crippen LogP contribution in [0.15, 0.2) is 39.7 Å². The summed E-state index contributed by atoms with van der Waals surface area (Å²) in [7, 11) is 0. The number of hydrogen-bond donors (Lipinski definition) is 2. The lowest BCUT2D eigenvalue weighted by molar-refractivity contribution is -0.136. The number of aliphatic carboxylic acids is 1. The number of carbonyl (C=O) groups is 2. The fraction of sp³-hybridized carbons (Fsp3) is 0.200. The third-order valence-electron chi connectivity index (χ3n) is 3.10. The van der Waals surface area contributed by atoms with Crippen molar-refractivity contribution in [2.45, 2.75) is 23.5 Å². The van der Waals surface area contributed by atoms with Crippen molar-refractivity contribution in [3.8, 4) is 0 Å². The summed E-state index contributed by atoms with van der Waals surface area (Å²) < 4.78 is 0.785. The molecule has 0 aromatic heterocycles. The number of thioether (sulfide) groups is 1. The molecule has 0 saturated heterocycles. The normalized spacial score (nSPS) is 12.3. The molecule has 0 spiro atoms. The van der Waals surface area contributed by atoms with Crippen LogP contribution in [0, 0.1) is 0 Å². The Balaban J connectivity index is 2.66. The molecule has 0 saturated carbocycles. The predicted octanol–water partition coefficient (Wildman–Crippen LogP) is 4.26. The van der Waals surface area contributed by atoms with Crippen molar-refractivity contribution >= 4 is 50.4 Å². The molecule has 1 unspecified atom stereocenters. The van der Waals surface area contributed by atoms with E-state index in [1.165, 1.54) is 17.8 Å². The molecule has 110 valence electrons. The molecule has 0 radical (unpaired) electrons. The highest BCUT2D eigenvalue weighted by Crippen LogP contribution is 2.37. The molecule has 0 amide bonds. The van der Waals surface area contributed by atoms with E-state index >= 15 is 0 Å². The minimum atomic E-state index is -1.02. The lowest BCUT2D eigenvalue weighted by atomic mass is 10.0. The average molecular weight is 369 g/mol. The maximum Gasteiger partial charge on any atom is 0.336 e. The smallest absolute Gasteiger partial charge is 0.336 e. The van der Waals surface area contributed by atoms with Gasteiger partial charge in [-0.1, -0.05) is 35.0 Å². The van der Waals surface area contributed by atoms with Crippen molar-refractivity contribution in [3.63, 3.8) is 0 Å². The van der Waals surface area contributed by atoms with Crippen LogP contribution in [-0.4, -0.2) is 27.4 Å². The van der Waals surface area contributed by atoms with Gasteiger partial charge in [0.15, 0.2) is 0 Å². The monoisotopic (exact) mass is 368 g/mol. The van der Waals surface area contributed by atoms with Gasteiger partial charge in [-0.3, -0.25) is 4.79 Å². The first-order valence-electron chi connectivity index (χ1n) is 6.29. The number of hydrogen-bond acceptors (Lipinski definition) is 3. The van der Waals surface area contributed by atoms with Gasteiger partial charge in [0, 0.05) is 14.8 Å². The first kappa shape index (κ1) is 15.9. The van der Waals surface area contributed by atoms with Crippen LogP contribution in [0.3, 0.4) is 0 Å². The Bertz CT molecular complexity index is 714. The fourth-order valence-electron chi connectivity index (χ4n) is 2.08. The van der Waals surface area contributed by atoms with Gasteiger partial charge in [-0.05, 0) is 30.0 Å². The van der Waals surface area contributed by atoms with Gasteiger partial charge in [-0.15, -0.1) is 11.8 Å². The summed E-state index contributed by atoms with van der Waals surface area (Å²) in [6.07, 6.45) is 0.465. The number of rotatable bonds is 5. The Labute approximate surface area is 134 Å². The molecule has 6 heteroatoms. The number of carboxylic acid groups (broad SMARTS) is 2. The quantitative estimate of drug-likeness (QED) is 0.771. The van der Waals surface area contributed by atoms with Gasteiger partial charge in [-0.25, -0.2) is 4.79 Å². The summed E-state index contributed by atoms with van der Waals surface area (Å²) in [5.74, 6) is -1.92. The summed E-state index contributed by atoms with van der Waals surface area (Å²) >= 11 is 4.59. The summed E-state index contributed by atoms with van der Waals surface area (Å²) in [6, 6.07) is 8.60.